The molecule has 0 radical (unpaired) electrons. The van der Waals surface area contributed by atoms with Crippen molar-refractivity contribution in [3.05, 3.63) is 71.4 Å². The summed E-state index contributed by atoms with van der Waals surface area (Å²) in [5.41, 5.74) is 2.36. The van der Waals surface area contributed by atoms with E-state index in [0.717, 1.165) is 22.8 Å². The Morgan fingerprint density at radius 2 is 1.88 bits per heavy atom. The minimum absolute atomic E-state index is 0.194. The number of aryl methyl sites for hydroxylation is 2. The molecule has 2 heterocycles. The largest absolute Gasteiger partial charge is 0.484 e. The first-order valence-electron chi connectivity index (χ1n) is 9.94. The summed E-state index contributed by atoms with van der Waals surface area (Å²) in [6.07, 6.45) is 0.930. The minimum atomic E-state index is -4.40. The van der Waals surface area contributed by atoms with Gasteiger partial charge < -0.3 is 15.4 Å². The molecule has 7 nitrogen and oxygen atoms in total. The Hall–Kier alpha value is -3.56. The molecule has 170 valence electrons. The number of alkyl halides is 3. The second kappa shape index (κ2) is 10.2. The Morgan fingerprint density at radius 1 is 1.09 bits per heavy atom. The number of pyridine rings is 1. The van der Waals surface area contributed by atoms with Gasteiger partial charge in [-0.3, -0.25) is 9.56 Å². The summed E-state index contributed by atoms with van der Waals surface area (Å²) in [6, 6.07) is 9.00. The number of nitrogens with zero attached hydrogens (tertiary/aromatic N) is 4. The van der Waals surface area contributed by atoms with E-state index in [1.807, 2.05) is 35.9 Å². The zero-order valence-electron chi connectivity index (χ0n) is 18.1. The van der Waals surface area contributed by atoms with Gasteiger partial charge in [0.1, 0.15) is 17.4 Å². The predicted molar refractivity (Wildman–Crippen MR) is 116 cm³/mol. The number of aliphatic imine (C=N–C) groups is 1. The summed E-state index contributed by atoms with van der Waals surface area (Å²) >= 11 is 0. The van der Waals surface area contributed by atoms with Crippen LogP contribution in [0.1, 0.15) is 22.5 Å². The number of halogens is 3. The van der Waals surface area contributed by atoms with Crippen molar-refractivity contribution < 1.29 is 17.9 Å². The van der Waals surface area contributed by atoms with Gasteiger partial charge in [-0.15, -0.1) is 0 Å². The van der Waals surface area contributed by atoms with Gasteiger partial charge in [-0.1, -0.05) is 18.2 Å². The number of aromatic nitrogens is 3. The van der Waals surface area contributed by atoms with Gasteiger partial charge in [0.05, 0.1) is 0 Å². The van der Waals surface area contributed by atoms with Gasteiger partial charge in [-0.2, -0.15) is 13.2 Å². The minimum Gasteiger partial charge on any atom is -0.484 e. The second-order valence-electron chi connectivity index (χ2n) is 7.16. The van der Waals surface area contributed by atoms with E-state index in [9.17, 15) is 13.2 Å². The van der Waals surface area contributed by atoms with Crippen molar-refractivity contribution in [1.82, 2.24) is 25.2 Å². The fraction of sp³-hybridized carbons (Fsp3) is 0.318. The van der Waals surface area contributed by atoms with Crippen LogP contribution < -0.4 is 15.4 Å². The third-order valence-corrected chi connectivity index (χ3v) is 4.63. The summed E-state index contributed by atoms with van der Waals surface area (Å²) in [4.78, 5) is 12.8. The number of imidazole rings is 1. The average molecular weight is 446 g/mol. The van der Waals surface area contributed by atoms with Gasteiger partial charge in [0.2, 0.25) is 0 Å². The van der Waals surface area contributed by atoms with E-state index in [2.05, 4.69) is 25.6 Å². The quantitative estimate of drug-likeness (QED) is 0.428. The van der Waals surface area contributed by atoms with E-state index in [0.29, 0.717) is 18.1 Å². The molecule has 2 aromatic heterocycles. The molecule has 0 aliphatic heterocycles. The van der Waals surface area contributed by atoms with Gasteiger partial charge in [0, 0.05) is 44.3 Å². The van der Waals surface area contributed by atoms with E-state index in [4.69, 9.17) is 4.74 Å². The first-order chi connectivity index (χ1) is 15.2. The normalized spacial score (nSPS) is 12.0. The number of hydrogen-bond acceptors (Lipinski definition) is 4. The van der Waals surface area contributed by atoms with Crippen LogP contribution in [-0.2, 0) is 13.1 Å². The zero-order chi connectivity index (χ0) is 23.1. The molecular formula is C22H25F3N6O. The van der Waals surface area contributed by atoms with Crippen LogP contribution in [-0.4, -0.2) is 40.3 Å². The lowest BCUT2D eigenvalue weighted by Crippen LogP contribution is -2.36. The molecule has 3 aromatic rings. The molecule has 0 atom stereocenters. The maximum atomic E-state index is 12.5. The summed E-state index contributed by atoms with van der Waals surface area (Å²) < 4.78 is 44.5. The highest BCUT2D eigenvalue weighted by molar-refractivity contribution is 5.79. The second-order valence-corrected chi connectivity index (χ2v) is 7.16. The fourth-order valence-electron chi connectivity index (χ4n) is 2.97. The van der Waals surface area contributed by atoms with Crippen molar-refractivity contribution in [2.24, 2.45) is 4.99 Å². The smallest absolute Gasteiger partial charge is 0.422 e. The number of rotatable bonds is 7. The molecule has 0 aliphatic carbocycles. The monoisotopic (exact) mass is 446 g/mol. The van der Waals surface area contributed by atoms with Crippen LogP contribution in [0, 0.1) is 13.8 Å². The summed E-state index contributed by atoms with van der Waals surface area (Å²) in [6.45, 7) is 3.09. The molecule has 0 amide bonds. The SMILES string of the molecule is CN=C(NCc1ccc(-n2ccnc2C)nc1)NCc1ccc(C)cc1OCC(F)(F)F. The number of hydrogen-bond donors (Lipinski definition) is 2. The van der Waals surface area contributed by atoms with Crippen molar-refractivity contribution in [3.63, 3.8) is 0 Å². The summed E-state index contributed by atoms with van der Waals surface area (Å²) in [7, 11) is 1.62. The van der Waals surface area contributed by atoms with Gasteiger partial charge in [0.25, 0.3) is 0 Å². The van der Waals surface area contributed by atoms with Gasteiger partial charge >= 0.3 is 6.18 Å². The van der Waals surface area contributed by atoms with Crippen LogP contribution in [0.5, 0.6) is 5.75 Å². The summed E-state index contributed by atoms with van der Waals surface area (Å²) in [5.74, 6) is 2.32. The van der Waals surface area contributed by atoms with Crippen LogP contribution in [0.4, 0.5) is 13.2 Å². The maximum absolute atomic E-state index is 12.5. The molecule has 10 heteroatoms. The Morgan fingerprint density at radius 3 is 2.50 bits per heavy atom. The van der Waals surface area contributed by atoms with Crippen LogP contribution in [0.2, 0.25) is 0 Å². The van der Waals surface area contributed by atoms with Crippen LogP contribution >= 0.6 is 0 Å². The third kappa shape index (κ3) is 6.47. The molecule has 3 rings (SSSR count). The fourth-order valence-corrected chi connectivity index (χ4v) is 2.97. The maximum Gasteiger partial charge on any atom is 0.422 e. The van der Waals surface area contributed by atoms with Gasteiger partial charge in [-0.05, 0) is 37.1 Å². The van der Waals surface area contributed by atoms with E-state index in [1.165, 1.54) is 0 Å². The molecule has 1 aromatic carbocycles. The lowest BCUT2D eigenvalue weighted by atomic mass is 10.1. The molecule has 0 saturated carbocycles. The Bertz CT molecular complexity index is 1060. The Labute approximate surface area is 184 Å². The Kier molecular flexibility index (Phi) is 7.34. The lowest BCUT2D eigenvalue weighted by Gasteiger charge is -2.16. The first-order valence-corrected chi connectivity index (χ1v) is 9.94. The zero-order valence-corrected chi connectivity index (χ0v) is 18.1. The van der Waals surface area contributed by atoms with Crippen LogP contribution in [0.3, 0.4) is 0 Å². The lowest BCUT2D eigenvalue weighted by molar-refractivity contribution is -0.153. The number of guanidine groups is 1. The molecule has 0 unspecified atom stereocenters. The van der Waals surface area contributed by atoms with Crippen molar-refractivity contribution >= 4 is 5.96 Å². The molecule has 0 bridgehead atoms. The van der Waals surface area contributed by atoms with E-state index in [-0.39, 0.29) is 12.3 Å². The topological polar surface area (TPSA) is 76.4 Å². The molecule has 0 aliphatic rings. The van der Waals surface area contributed by atoms with Crippen molar-refractivity contribution in [2.45, 2.75) is 33.1 Å². The summed E-state index contributed by atoms with van der Waals surface area (Å²) in [5, 5.41) is 6.27. The highest BCUT2D eigenvalue weighted by Crippen LogP contribution is 2.23. The van der Waals surface area contributed by atoms with Crippen molar-refractivity contribution in [3.8, 4) is 11.6 Å². The Balaban J connectivity index is 1.57. The van der Waals surface area contributed by atoms with Crippen molar-refractivity contribution in [2.75, 3.05) is 13.7 Å². The number of nitrogens with one attached hydrogen (secondary N) is 2. The predicted octanol–water partition coefficient (Wildman–Crippen LogP) is 3.69. The van der Waals surface area contributed by atoms with Crippen molar-refractivity contribution in [1.29, 1.82) is 0 Å². The van der Waals surface area contributed by atoms with Gasteiger partial charge in [0.15, 0.2) is 12.6 Å². The van der Waals surface area contributed by atoms with Crippen LogP contribution in [0.25, 0.3) is 5.82 Å². The highest BCUT2D eigenvalue weighted by atomic mass is 19.4. The van der Waals surface area contributed by atoms with E-state index < -0.39 is 12.8 Å². The third-order valence-electron chi connectivity index (χ3n) is 4.63. The molecule has 0 spiro atoms. The average Bonchev–Trinajstić information content (AvgIpc) is 3.19. The molecule has 32 heavy (non-hydrogen) atoms. The molecular weight excluding hydrogens is 421 g/mol. The van der Waals surface area contributed by atoms with E-state index >= 15 is 0 Å². The van der Waals surface area contributed by atoms with E-state index in [1.54, 1.807) is 38.5 Å². The number of benzene rings is 1. The molecule has 0 fully saturated rings. The standard InChI is InChI=1S/C22H25F3N6O/c1-15-4-6-18(19(10-15)32-14-22(23,24)25)13-30-21(26-3)29-12-17-5-7-20(28-11-17)31-9-8-27-16(31)2/h4-11H,12-14H2,1-3H3,(H2,26,29,30). The highest BCUT2D eigenvalue weighted by Gasteiger charge is 2.28. The number of ether oxygens (including phenoxy) is 1. The first kappa shape index (κ1) is 23.1. The molecule has 2 N–H and O–H groups in total. The van der Waals surface area contributed by atoms with Crippen LogP contribution in [0.15, 0.2) is 53.9 Å². The van der Waals surface area contributed by atoms with Gasteiger partial charge in [-0.25, -0.2) is 9.97 Å². The molecule has 0 saturated heterocycles.